The molecule has 94 valence electrons. The highest BCUT2D eigenvalue weighted by molar-refractivity contribution is 5.81. The molecule has 18 heavy (non-hydrogen) atoms. The van der Waals surface area contributed by atoms with Crippen LogP contribution in [0.1, 0.15) is 0 Å². The molecule has 1 aliphatic heterocycles. The lowest BCUT2D eigenvalue weighted by Crippen LogP contribution is -2.48. The Bertz CT molecular complexity index is 572. The number of amides is 1. The molecule has 6 heteroatoms. The number of piperazine rings is 1. The summed E-state index contributed by atoms with van der Waals surface area (Å²) in [6, 6.07) is 6.13. The second-order valence-corrected chi connectivity index (χ2v) is 4.40. The van der Waals surface area contributed by atoms with Gasteiger partial charge in [-0.15, -0.1) is 0 Å². The highest BCUT2D eigenvalue weighted by Gasteiger charge is 2.20. The Morgan fingerprint density at radius 2 is 2.06 bits per heavy atom. The van der Waals surface area contributed by atoms with Gasteiger partial charge in [-0.2, -0.15) is 5.10 Å². The lowest BCUT2D eigenvalue weighted by molar-refractivity contribution is 0.142. The Morgan fingerprint density at radius 3 is 2.78 bits per heavy atom. The van der Waals surface area contributed by atoms with Crippen molar-refractivity contribution in [3.63, 3.8) is 0 Å². The maximum atomic E-state index is 10.8. The summed E-state index contributed by atoms with van der Waals surface area (Å²) in [6.07, 6.45) is 0.959. The molecule has 1 fully saturated rings. The molecule has 0 unspecified atom stereocenters. The molecule has 1 aromatic heterocycles. The van der Waals surface area contributed by atoms with Crippen molar-refractivity contribution in [1.29, 1.82) is 0 Å². The summed E-state index contributed by atoms with van der Waals surface area (Å²) >= 11 is 0. The minimum atomic E-state index is -0.835. The third kappa shape index (κ3) is 1.85. The zero-order valence-corrected chi connectivity index (χ0v) is 9.83. The Labute approximate surface area is 104 Å². The highest BCUT2D eigenvalue weighted by Crippen LogP contribution is 2.21. The van der Waals surface area contributed by atoms with Crippen molar-refractivity contribution in [2.24, 2.45) is 0 Å². The summed E-state index contributed by atoms with van der Waals surface area (Å²) in [4.78, 5) is 14.5. The average Bonchev–Trinajstić information content (AvgIpc) is 2.86. The first-order chi connectivity index (χ1) is 8.74. The van der Waals surface area contributed by atoms with Crippen molar-refractivity contribution in [2.45, 2.75) is 0 Å². The number of rotatable bonds is 1. The van der Waals surface area contributed by atoms with Crippen LogP contribution in [0.15, 0.2) is 24.4 Å². The summed E-state index contributed by atoms with van der Waals surface area (Å²) < 4.78 is 0. The molecule has 1 amide bonds. The van der Waals surface area contributed by atoms with E-state index in [0.717, 1.165) is 29.7 Å². The normalized spacial score (nSPS) is 16.2. The van der Waals surface area contributed by atoms with Crippen molar-refractivity contribution < 1.29 is 9.90 Å². The minimum Gasteiger partial charge on any atom is -0.465 e. The number of benzene rings is 1. The number of aromatic amines is 1. The van der Waals surface area contributed by atoms with Gasteiger partial charge in [-0.25, -0.2) is 4.79 Å². The van der Waals surface area contributed by atoms with Crippen LogP contribution >= 0.6 is 0 Å². The van der Waals surface area contributed by atoms with Crippen LogP contribution < -0.4 is 4.90 Å². The number of carboxylic acid groups (broad SMARTS) is 1. The molecule has 0 radical (unpaired) electrons. The van der Waals surface area contributed by atoms with E-state index < -0.39 is 6.09 Å². The number of carbonyl (C=O) groups is 1. The van der Waals surface area contributed by atoms with Crippen molar-refractivity contribution in [3.05, 3.63) is 24.4 Å². The third-order valence-electron chi connectivity index (χ3n) is 3.34. The second kappa shape index (κ2) is 4.21. The third-order valence-corrected chi connectivity index (χ3v) is 3.34. The van der Waals surface area contributed by atoms with E-state index in [1.807, 2.05) is 12.1 Å². The van der Waals surface area contributed by atoms with Crippen LogP contribution in [0.3, 0.4) is 0 Å². The smallest absolute Gasteiger partial charge is 0.407 e. The topological polar surface area (TPSA) is 72.5 Å². The summed E-state index contributed by atoms with van der Waals surface area (Å²) in [5.74, 6) is 0. The molecule has 2 aromatic rings. The van der Waals surface area contributed by atoms with Gasteiger partial charge in [-0.1, -0.05) is 0 Å². The van der Waals surface area contributed by atoms with E-state index >= 15 is 0 Å². The zero-order chi connectivity index (χ0) is 12.5. The minimum absolute atomic E-state index is 0.552. The van der Waals surface area contributed by atoms with Crippen LogP contribution in [0.2, 0.25) is 0 Å². The molecular formula is C12H14N4O2. The molecule has 0 bridgehead atoms. The molecule has 6 nitrogen and oxygen atoms in total. The fourth-order valence-electron chi connectivity index (χ4n) is 2.28. The lowest BCUT2D eigenvalue weighted by Gasteiger charge is -2.34. The van der Waals surface area contributed by atoms with E-state index in [1.54, 1.807) is 6.20 Å². The van der Waals surface area contributed by atoms with Gasteiger partial charge < -0.3 is 14.9 Å². The molecule has 1 aliphatic rings. The van der Waals surface area contributed by atoms with E-state index in [-0.39, 0.29) is 0 Å². The summed E-state index contributed by atoms with van der Waals surface area (Å²) in [5.41, 5.74) is 2.12. The van der Waals surface area contributed by atoms with Gasteiger partial charge in [-0.05, 0) is 18.2 Å². The maximum absolute atomic E-state index is 10.8. The number of nitrogens with zero attached hydrogens (tertiary/aromatic N) is 3. The number of hydrogen-bond acceptors (Lipinski definition) is 3. The van der Waals surface area contributed by atoms with E-state index in [0.29, 0.717) is 13.1 Å². The summed E-state index contributed by atoms with van der Waals surface area (Å²) in [6.45, 7) is 2.56. The Morgan fingerprint density at radius 1 is 1.28 bits per heavy atom. The number of nitrogens with one attached hydrogen (secondary N) is 1. The highest BCUT2D eigenvalue weighted by atomic mass is 16.4. The molecule has 2 N–H and O–H groups in total. The molecule has 1 saturated heterocycles. The molecular weight excluding hydrogens is 232 g/mol. The van der Waals surface area contributed by atoms with Crippen molar-refractivity contribution >= 4 is 22.7 Å². The number of hydrogen-bond donors (Lipinski definition) is 2. The Kier molecular flexibility index (Phi) is 2.55. The van der Waals surface area contributed by atoms with Crippen LogP contribution in [0.5, 0.6) is 0 Å². The largest absolute Gasteiger partial charge is 0.465 e. The predicted molar refractivity (Wildman–Crippen MR) is 67.9 cm³/mol. The molecule has 2 heterocycles. The van der Waals surface area contributed by atoms with Gasteiger partial charge >= 0.3 is 6.09 Å². The number of fused-ring (bicyclic) bond motifs is 1. The van der Waals surface area contributed by atoms with Crippen LogP contribution in [-0.4, -0.2) is 52.5 Å². The van der Waals surface area contributed by atoms with Crippen LogP contribution in [0.4, 0.5) is 10.5 Å². The molecule has 0 aliphatic carbocycles. The van der Waals surface area contributed by atoms with Crippen molar-refractivity contribution in [2.75, 3.05) is 31.1 Å². The van der Waals surface area contributed by atoms with Gasteiger partial charge in [0.25, 0.3) is 0 Å². The fraction of sp³-hybridized carbons (Fsp3) is 0.333. The second-order valence-electron chi connectivity index (χ2n) is 4.40. The van der Waals surface area contributed by atoms with E-state index in [1.165, 1.54) is 4.90 Å². The predicted octanol–water partition coefficient (Wildman–Crippen LogP) is 1.36. The van der Waals surface area contributed by atoms with Crippen LogP contribution in [-0.2, 0) is 0 Å². The van der Waals surface area contributed by atoms with Gasteiger partial charge in [0.1, 0.15) is 0 Å². The van der Waals surface area contributed by atoms with Gasteiger partial charge in [0, 0.05) is 37.3 Å². The molecule has 1 aromatic carbocycles. The maximum Gasteiger partial charge on any atom is 0.407 e. The SMILES string of the molecule is O=C(O)N1CCN(c2ccc3cn[nH]c3c2)CC1. The summed E-state index contributed by atoms with van der Waals surface area (Å²) in [5, 5.41) is 16.9. The first-order valence-corrected chi connectivity index (χ1v) is 5.90. The lowest BCUT2D eigenvalue weighted by atomic mass is 10.2. The number of aromatic nitrogens is 2. The zero-order valence-electron chi connectivity index (χ0n) is 9.83. The molecule has 0 atom stereocenters. The molecule has 0 saturated carbocycles. The number of H-pyrrole nitrogens is 1. The van der Waals surface area contributed by atoms with Gasteiger partial charge in [0.2, 0.25) is 0 Å². The monoisotopic (exact) mass is 246 g/mol. The average molecular weight is 246 g/mol. The van der Waals surface area contributed by atoms with Crippen LogP contribution in [0.25, 0.3) is 10.9 Å². The van der Waals surface area contributed by atoms with Gasteiger partial charge in [-0.3, -0.25) is 5.10 Å². The van der Waals surface area contributed by atoms with Gasteiger partial charge in [0.05, 0.1) is 11.7 Å². The fourth-order valence-corrected chi connectivity index (χ4v) is 2.28. The Hall–Kier alpha value is -2.24. The number of anilines is 1. The molecule has 0 spiro atoms. The van der Waals surface area contributed by atoms with Crippen molar-refractivity contribution in [3.8, 4) is 0 Å². The van der Waals surface area contributed by atoms with E-state index in [4.69, 9.17) is 5.11 Å². The quantitative estimate of drug-likeness (QED) is 0.797. The van der Waals surface area contributed by atoms with Crippen molar-refractivity contribution in [1.82, 2.24) is 15.1 Å². The summed E-state index contributed by atoms with van der Waals surface area (Å²) in [7, 11) is 0. The van der Waals surface area contributed by atoms with E-state index in [2.05, 4.69) is 21.2 Å². The Balaban J connectivity index is 1.77. The first kappa shape index (κ1) is 10.9. The van der Waals surface area contributed by atoms with Gasteiger partial charge in [0.15, 0.2) is 0 Å². The van der Waals surface area contributed by atoms with E-state index in [9.17, 15) is 4.79 Å². The van der Waals surface area contributed by atoms with Crippen LogP contribution in [0, 0.1) is 0 Å². The molecule has 3 rings (SSSR count). The standard InChI is InChI=1S/C12H14N4O2/c17-12(18)16-5-3-15(4-6-16)10-2-1-9-8-13-14-11(9)7-10/h1-2,7-8H,3-6H2,(H,13,14)(H,17,18). The first-order valence-electron chi connectivity index (χ1n) is 5.90.